The van der Waals surface area contributed by atoms with Crippen LogP contribution in [-0.4, -0.2) is 24.2 Å². The highest BCUT2D eigenvalue weighted by molar-refractivity contribution is 7.80. The normalized spacial score (nSPS) is 9.27. The minimum Gasteiger partial charge on any atom is -0.481 e. The van der Waals surface area contributed by atoms with Crippen LogP contribution in [0.5, 0.6) is 11.8 Å². The van der Waals surface area contributed by atoms with Gasteiger partial charge in [0, 0.05) is 0 Å². The van der Waals surface area contributed by atoms with Crippen LogP contribution in [0.4, 0.5) is 0 Å². The van der Waals surface area contributed by atoms with E-state index in [1.54, 1.807) is 6.07 Å². The van der Waals surface area contributed by atoms with Crippen molar-refractivity contribution in [3.05, 3.63) is 6.07 Å². The number of hydrogen-bond acceptors (Lipinski definition) is 4. The Bertz CT molecular complexity index is 232. The molecule has 0 unspecified atom stereocenters. The molecule has 11 heavy (non-hydrogen) atoms. The summed E-state index contributed by atoms with van der Waals surface area (Å²) in [6.07, 6.45) is 0. The maximum Gasteiger partial charge on any atom is 0.225 e. The van der Waals surface area contributed by atoms with Crippen LogP contribution in [0.2, 0.25) is 0 Å². The molecule has 0 saturated carbocycles. The second-order valence-electron chi connectivity index (χ2n) is 1.74. The van der Waals surface area contributed by atoms with E-state index < -0.39 is 0 Å². The Hall–Kier alpha value is -1.10. The minimum absolute atomic E-state index is 0.223. The molecule has 0 aromatic carbocycles. The fourth-order valence-electron chi connectivity index (χ4n) is 0.593. The average Bonchev–Trinajstić information content (AvgIpc) is 2.03. The highest BCUT2D eigenvalue weighted by atomic mass is 32.1. The van der Waals surface area contributed by atoms with Crippen molar-refractivity contribution >= 4 is 12.6 Å². The summed E-state index contributed by atoms with van der Waals surface area (Å²) < 4.78 is 9.68. The van der Waals surface area contributed by atoms with E-state index in [4.69, 9.17) is 22.1 Å². The Morgan fingerprint density at radius 3 is 2.00 bits per heavy atom. The molecule has 0 bridgehead atoms. The third-order valence-corrected chi connectivity index (χ3v) is 1.26. The van der Waals surface area contributed by atoms with Gasteiger partial charge < -0.3 is 9.47 Å². The molecule has 1 aromatic heterocycles. The monoisotopic (exact) mass is 171 g/mol. The summed E-state index contributed by atoms with van der Waals surface area (Å²) in [6.45, 7) is 0. The first-order valence-electron chi connectivity index (χ1n) is 2.90. The van der Waals surface area contributed by atoms with Gasteiger partial charge in [0.15, 0.2) is 0 Å². The molecule has 0 N–H and O–H groups in total. The number of nitrogens with zero attached hydrogens (tertiary/aromatic N) is 2. The molecule has 1 aromatic rings. The average molecular weight is 171 g/mol. The van der Waals surface area contributed by atoms with E-state index >= 15 is 0 Å². The smallest absolute Gasteiger partial charge is 0.225 e. The van der Waals surface area contributed by atoms with Crippen molar-refractivity contribution in [2.24, 2.45) is 0 Å². The van der Waals surface area contributed by atoms with Gasteiger partial charge in [-0.3, -0.25) is 0 Å². The van der Waals surface area contributed by atoms with Crippen LogP contribution in [-0.2, 0) is 0 Å². The van der Waals surface area contributed by atoms with Crippen LogP contribution in [0.1, 0.15) is 0 Å². The van der Waals surface area contributed by atoms with Crippen molar-refractivity contribution in [1.29, 1.82) is 0 Å². The third kappa shape index (κ3) is 1.91. The summed E-state index contributed by atoms with van der Waals surface area (Å²) in [4.78, 5) is 7.60. The Balaban J connectivity index is 3.02. The van der Waals surface area contributed by atoms with Gasteiger partial charge in [0.05, 0.1) is 20.3 Å². The molecule has 0 spiro atoms. The quantitative estimate of drug-likeness (QED) is 0.624. The predicted molar refractivity (Wildman–Crippen MR) is 41.0 cm³/mol. The van der Waals surface area contributed by atoms with Crippen LogP contribution in [0.3, 0.4) is 0 Å². The highest BCUT2D eigenvalue weighted by Gasteiger charge is 2.01. The highest BCUT2D eigenvalue weighted by Crippen LogP contribution is 2.15. The molecule has 0 saturated heterocycles. The van der Waals surface area contributed by atoms with Crippen molar-refractivity contribution in [2.75, 3.05) is 14.2 Å². The van der Waals surface area contributed by atoms with E-state index in [2.05, 4.69) is 9.97 Å². The fraction of sp³-hybridized carbons (Fsp3) is 0.333. The molecular weight excluding hydrogens is 164 g/mol. The molecule has 5 heteroatoms. The molecule has 1 heterocycles. The van der Waals surface area contributed by atoms with Crippen molar-refractivity contribution in [3.63, 3.8) is 0 Å². The zero-order chi connectivity index (χ0) is 8.27. The summed E-state index contributed by atoms with van der Waals surface area (Å²) in [5, 5.41) is 0.223. The van der Waals surface area contributed by atoms with Gasteiger partial charge in [-0.15, -0.1) is 0 Å². The summed E-state index contributed by atoms with van der Waals surface area (Å²) >= 11 is 4.74. The van der Waals surface area contributed by atoms with Crippen molar-refractivity contribution in [2.45, 2.75) is 5.16 Å². The topological polar surface area (TPSA) is 44.2 Å². The van der Waals surface area contributed by atoms with Gasteiger partial charge in [0.25, 0.3) is 0 Å². The van der Waals surface area contributed by atoms with Gasteiger partial charge in [0.2, 0.25) is 16.9 Å². The second-order valence-corrected chi connectivity index (χ2v) is 2.10. The molecule has 0 aliphatic heterocycles. The molecule has 4 nitrogen and oxygen atoms in total. The van der Waals surface area contributed by atoms with E-state index in [9.17, 15) is 0 Å². The summed E-state index contributed by atoms with van der Waals surface area (Å²) in [5.74, 6) is 0.837. The lowest BCUT2D eigenvalue weighted by Crippen LogP contribution is -1.94. The van der Waals surface area contributed by atoms with E-state index in [0.717, 1.165) is 0 Å². The molecule has 59 valence electrons. The molecule has 1 radical (unpaired) electrons. The Morgan fingerprint density at radius 1 is 1.18 bits per heavy atom. The number of methoxy groups -OCH3 is 2. The van der Waals surface area contributed by atoms with E-state index in [1.807, 2.05) is 0 Å². The Morgan fingerprint density at radius 2 is 1.64 bits per heavy atom. The summed E-state index contributed by atoms with van der Waals surface area (Å²) in [7, 11) is 3.02. The number of aromatic nitrogens is 2. The Kier molecular flexibility index (Phi) is 2.43. The van der Waals surface area contributed by atoms with Crippen LogP contribution < -0.4 is 9.47 Å². The van der Waals surface area contributed by atoms with Gasteiger partial charge in [-0.05, 0) is 12.6 Å². The molecule has 0 amide bonds. The Labute approximate surface area is 70.0 Å². The number of hydrogen-bond donors (Lipinski definition) is 0. The fourth-order valence-corrected chi connectivity index (χ4v) is 0.773. The number of ether oxygens (including phenoxy) is 2. The molecule has 0 aliphatic rings. The molecule has 0 atom stereocenters. The van der Waals surface area contributed by atoms with Crippen LogP contribution in [0.25, 0.3) is 0 Å². The van der Waals surface area contributed by atoms with Gasteiger partial charge in [-0.25, -0.2) is 0 Å². The van der Waals surface area contributed by atoms with E-state index in [1.165, 1.54) is 14.2 Å². The molecular formula is C6H7N2O2S. The lowest BCUT2D eigenvalue weighted by molar-refractivity contribution is 0.364. The zero-order valence-electron chi connectivity index (χ0n) is 6.20. The molecule has 0 aliphatic carbocycles. The first kappa shape index (κ1) is 8.00. The third-order valence-electron chi connectivity index (χ3n) is 1.08. The maximum atomic E-state index is 4.84. The zero-order valence-corrected chi connectivity index (χ0v) is 7.01. The molecule has 1 rings (SSSR count). The summed E-state index contributed by atoms with van der Waals surface area (Å²) in [5.41, 5.74) is 0. The second kappa shape index (κ2) is 3.34. The van der Waals surface area contributed by atoms with Crippen LogP contribution >= 0.6 is 12.6 Å². The van der Waals surface area contributed by atoms with Gasteiger partial charge in [-0.2, -0.15) is 9.97 Å². The maximum absolute atomic E-state index is 4.84. The number of rotatable bonds is 2. The van der Waals surface area contributed by atoms with Gasteiger partial charge in [-0.1, -0.05) is 0 Å². The lowest BCUT2D eigenvalue weighted by atomic mass is 10.6. The first-order valence-corrected chi connectivity index (χ1v) is 3.31. The first-order chi connectivity index (χ1) is 5.26. The van der Waals surface area contributed by atoms with Crippen LogP contribution in [0.15, 0.2) is 11.2 Å². The SMILES string of the molecule is COc1cc(OC)nc([S])n1. The van der Waals surface area contributed by atoms with Gasteiger partial charge >= 0.3 is 0 Å². The lowest BCUT2D eigenvalue weighted by Gasteiger charge is -2.01. The van der Waals surface area contributed by atoms with E-state index in [-0.39, 0.29) is 5.16 Å². The van der Waals surface area contributed by atoms with Crippen LogP contribution in [0, 0.1) is 0 Å². The molecule has 0 fully saturated rings. The van der Waals surface area contributed by atoms with Gasteiger partial charge in [0.1, 0.15) is 0 Å². The summed E-state index contributed by atoms with van der Waals surface area (Å²) in [6, 6.07) is 1.57. The van der Waals surface area contributed by atoms with Crippen molar-refractivity contribution < 1.29 is 9.47 Å². The van der Waals surface area contributed by atoms with Crippen molar-refractivity contribution in [1.82, 2.24) is 9.97 Å². The predicted octanol–water partition coefficient (Wildman–Crippen LogP) is 1.05. The van der Waals surface area contributed by atoms with E-state index in [0.29, 0.717) is 11.8 Å². The largest absolute Gasteiger partial charge is 0.481 e. The minimum atomic E-state index is 0.223. The van der Waals surface area contributed by atoms with Crippen molar-refractivity contribution in [3.8, 4) is 11.8 Å². The standard InChI is InChI=1S/C6H7N2O2S/c1-9-4-3-5(10-2)8-6(11)7-4/h3H,1-2H3.